The first-order valence-electron chi connectivity index (χ1n) is 7.96. The molecule has 14 nitrogen and oxygen atoms in total. The summed E-state index contributed by atoms with van der Waals surface area (Å²) in [7, 11) is 6.38. The molecule has 0 radical (unpaired) electrons. The summed E-state index contributed by atoms with van der Waals surface area (Å²) in [5.74, 6) is 0. The molecule has 0 amide bonds. The summed E-state index contributed by atoms with van der Waals surface area (Å²) in [6.45, 7) is 1.03. The normalized spacial score (nSPS) is 9.12. The summed E-state index contributed by atoms with van der Waals surface area (Å²) in [6, 6.07) is 0. The van der Waals surface area contributed by atoms with Gasteiger partial charge >= 0.3 is 0 Å². The van der Waals surface area contributed by atoms with Crippen LogP contribution in [-0.4, -0.2) is 110 Å². The van der Waals surface area contributed by atoms with Crippen LogP contribution in [0.2, 0.25) is 0 Å². The third-order valence-electron chi connectivity index (χ3n) is 1.66. The minimum atomic E-state index is -3.92. The zero-order chi connectivity index (χ0) is 27.6. The Balaban J connectivity index is -0.0000000374. The van der Waals surface area contributed by atoms with Crippen molar-refractivity contribution in [3.05, 3.63) is 51.0 Å². The van der Waals surface area contributed by atoms with E-state index in [1.807, 2.05) is 30.3 Å². The van der Waals surface area contributed by atoms with Crippen molar-refractivity contribution < 1.29 is 28.3 Å². The van der Waals surface area contributed by atoms with Gasteiger partial charge in [0.2, 0.25) is 0 Å². The Morgan fingerprint density at radius 3 is 1.30 bits per heavy atom. The van der Waals surface area contributed by atoms with Gasteiger partial charge < -0.3 is 34.2 Å². The third-order valence-corrected chi connectivity index (χ3v) is 1.66. The smallest absolute Gasteiger partial charge is 0.0943 e. The van der Waals surface area contributed by atoms with Crippen LogP contribution in [0.5, 0.6) is 0 Å². The van der Waals surface area contributed by atoms with Crippen LogP contribution in [-0.2, 0) is 21.9 Å². The highest BCUT2D eigenvalue weighted by Crippen LogP contribution is 1.97. The van der Waals surface area contributed by atoms with Crippen LogP contribution in [0.3, 0.4) is 0 Å². The first-order chi connectivity index (χ1) is 15.0. The lowest BCUT2D eigenvalue weighted by atomic mass is 10.9. The minimum Gasteiger partial charge on any atom is -0.748 e. The van der Waals surface area contributed by atoms with Crippen LogP contribution in [0, 0.1) is 19.9 Å². The Morgan fingerprint density at radius 1 is 1.00 bits per heavy atom. The molecule has 33 heavy (non-hydrogen) atoms. The summed E-state index contributed by atoms with van der Waals surface area (Å²) < 4.78 is 33.4. The highest BCUT2D eigenvalue weighted by Gasteiger charge is 1.99. The number of aliphatic hydroxyl groups is 1. The van der Waals surface area contributed by atoms with E-state index in [0.29, 0.717) is 6.26 Å². The fraction of sp³-hybridized carbons (Fsp3) is 0.688. The van der Waals surface area contributed by atoms with E-state index in [0.717, 1.165) is 13.8 Å². The van der Waals surface area contributed by atoms with E-state index in [-0.39, 0.29) is 5.48 Å². The van der Waals surface area contributed by atoms with Crippen molar-refractivity contribution in [1.82, 2.24) is 19.4 Å². The maximum absolute atomic E-state index is 9.08. The van der Waals surface area contributed by atoms with Gasteiger partial charge in [-0.1, -0.05) is 0 Å². The molecule has 2 rings (SSSR count). The van der Waals surface area contributed by atoms with Crippen molar-refractivity contribution in [2.45, 2.75) is 0 Å². The van der Waals surface area contributed by atoms with Crippen molar-refractivity contribution in [1.29, 1.82) is 0 Å². The van der Waals surface area contributed by atoms with Crippen LogP contribution < -0.4 is 0 Å². The van der Waals surface area contributed by atoms with Crippen molar-refractivity contribution in [3.8, 4) is 0 Å². The molecule has 1 aromatic rings. The molecule has 1 aliphatic rings. The second-order valence-corrected chi connectivity index (χ2v) is 6.93. The lowest BCUT2D eigenvalue weighted by molar-refractivity contribution is 0.277. The molecule has 0 saturated carbocycles. The van der Waals surface area contributed by atoms with Gasteiger partial charge in [-0.2, -0.15) is 24.4 Å². The van der Waals surface area contributed by atoms with Gasteiger partial charge in [-0.25, -0.2) is 13.4 Å². The molecule has 0 aromatic carbocycles. The first kappa shape index (κ1) is 52.9. The Morgan fingerprint density at radius 2 is 1.24 bits per heavy atom. The van der Waals surface area contributed by atoms with Crippen molar-refractivity contribution >= 4 is 34.5 Å². The number of imidazole rings is 1. The molecule has 0 atom stereocenters. The molecule has 0 unspecified atom stereocenters. The van der Waals surface area contributed by atoms with E-state index in [9.17, 15) is 0 Å². The number of aryl methyl sites for hydroxylation is 1. The summed E-state index contributed by atoms with van der Waals surface area (Å²) in [6.07, 6.45) is 15.9. The minimum absolute atomic E-state index is 0. The molecular formula is C16H41N4O10S3-. The second kappa shape index (κ2) is 52.3. The number of hydrogen-bond acceptors (Lipinski definition) is 14. The van der Waals surface area contributed by atoms with Gasteiger partial charge in [-0.05, 0) is 18.8 Å². The molecule has 0 aliphatic carbocycles. The molecule has 1 aromatic heterocycles. The van der Waals surface area contributed by atoms with Crippen LogP contribution in [0.1, 0.15) is 0 Å². The highest BCUT2D eigenvalue weighted by atomic mass is 32.2. The Labute approximate surface area is 207 Å². The van der Waals surface area contributed by atoms with Crippen LogP contribution in [0.15, 0.2) is 31.1 Å². The SMILES string of the molecule is CN1C=CN(C)C1.CO.COC.CS.CS(=O)(=O)[O-].CSC.Cn1ccnc1.O.O=O.O=O. The molecule has 3 N–H and O–H groups in total. The third kappa shape index (κ3) is 119. The van der Waals surface area contributed by atoms with Crippen molar-refractivity contribution in [2.75, 3.05) is 67.1 Å². The largest absolute Gasteiger partial charge is 0.748 e. The van der Waals surface area contributed by atoms with Gasteiger partial charge in [0.15, 0.2) is 0 Å². The number of ether oxygens (including phenoxy) is 1. The molecule has 0 bridgehead atoms. The number of rotatable bonds is 0. The van der Waals surface area contributed by atoms with Gasteiger partial charge in [0, 0.05) is 93.4 Å². The standard InChI is InChI=1S/C5H10N2.C4H6N2.C2H6O.C2H6S.CH4O3S.CH4O.CH4S.2O2.H2O/c1-6-3-4-7(2)5-6;1-6-3-2-5-4-6;2*1-3-2;1-5(2,3)4;4*1-2;/h3-4H,5H2,1-2H3;2-4H,1H3;2*1-2H3;1H3,(H,2,3,4);2*2H,1H3;;;1H2/p-1. The summed E-state index contributed by atoms with van der Waals surface area (Å²) in [5, 5.41) is 7.00. The predicted molar refractivity (Wildman–Crippen MR) is 141 cm³/mol. The second-order valence-electron chi connectivity index (χ2n) is 4.70. The lowest BCUT2D eigenvalue weighted by Gasteiger charge is -2.10. The molecule has 1 aliphatic heterocycles. The maximum Gasteiger partial charge on any atom is 0.0943 e. The highest BCUT2D eigenvalue weighted by molar-refractivity contribution is 7.97. The van der Waals surface area contributed by atoms with E-state index in [1.165, 1.54) is 0 Å². The van der Waals surface area contributed by atoms with Crippen molar-refractivity contribution in [3.63, 3.8) is 0 Å². The van der Waals surface area contributed by atoms with Crippen LogP contribution in [0.25, 0.3) is 0 Å². The van der Waals surface area contributed by atoms with Crippen molar-refractivity contribution in [2.24, 2.45) is 7.05 Å². The molecule has 0 saturated heterocycles. The number of thiol groups is 1. The lowest BCUT2D eigenvalue weighted by Crippen LogP contribution is -2.17. The van der Waals surface area contributed by atoms with Gasteiger partial charge in [-0.3, -0.25) is 0 Å². The Hall–Kier alpha value is -1.76. The molecule has 17 heteroatoms. The predicted octanol–water partition coefficient (Wildman–Crippen LogP) is 0.579. The topological polar surface area (TPSA) is 211 Å². The number of methoxy groups -OCH3 is 1. The summed E-state index contributed by atoms with van der Waals surface area (Å²) in [4.78, 5) is 36.0. The summed E-state index contributed by atoms with van der Waals surface area (Å²) >= 11 is 5.28. The van der Waals surface area contributed by atoms with Crippen LogP contribution in [0.4, 0.5) is 0 Å². The molecule has 0 fully saturated rings. The van der Waals surface area contributed by atoms with E-state index in [1.54, 1.807) is 44.8 Å². The fourth-order valence-corrected chi connectivity index (χ4v) is 1.000. The number of thioether (sulfide) groups is 1. The van der Waals surface area contributed by atoms with Gasteiger partial charge in [0.1, 0.15) is 0 Å². The molecule has 0 spiro atoms. The first-order valence-corrected chi connectivity index (χ1v) is 12.3. The maximum atomic E-state index is 9.08. The van der Waals surface area contributed by atoms with E-state index < -0.39 is 10.1 Å². The molecule has 204 valence electrons. The molecular weight excluding hydrogens is 504 g/mol. The number of hydrogen-bond donors (Lipinski definition) is 2. The van der Waals surface area contributed by atoms with Gasteiger partial charge in [0.25, 0.3) is 0 Å². The number of aromatic nitrogens is 2. The number of nitrogens with zero attached hydrogens (tertiary/aromatic N) is 4. The average molecular weight is 546 g/mol. The molecule has 2 heterocycles. The zero-order valence-corrected chi connectivity index (χ0v) is 23.4. The average Bonchev–Trinajstić information content (AvgIpc) is 3.39. The Bertz CT molecular complexity index is 503. The fourth-order valence-electron chi connectivity index (χ4n) is 1.000. The zero-order valence-electron chi connectivity index (χ0n) is 20.9. The van der Waals surface area contributed by atoms with Gasteiger partial charge in [0.05, 0.1) is 23.1 Å². The monoisotopic (exact) mass is 545 g/mol. The van der Waals surface area contributed by atoms with E-state index >= 15 is 0 Å². The quantitative estimate of drug-likeness (QED) is 0.338. The van der Waals surface area contributed by atoms with E-state index in [2.05, 4.69) is 58.6 Å². The van der Waals surface area contributed by atoms with Crippen LogP contribution >= 0.6 is 24.4 Å². The Kier molecular flexibility index (Phi) is 83.8. The van der Waals surface area contributed by atoms with E-state index in [4.69, 9.17) is 37.9 Å². The van der Waals surface area contributed by atoms with Gasteiger partial charge in [-0.15, -0.1) is 0 Å². The summed E-state index contributed by atoms with van der Waals surface area (Å²) in [5.41, 5.74) is 0. The number of aliphatic hydroxyl groups excluding tert-OH is 1.